The van der Waals surface area contributed by atoms with Crippen LogP contribution in [0.25, 0.3) is 0 Å². The SMILES string of the molecule is NC(=O)[C@@H]1CCCN(C(=O)COC(=O)COc2ccc(Cl)cc2Cl)C1. The first kappa shape index (κ1) is 19.3. The lowest BCUT2D eigenvalue weighted by molar-refractivity contribution is -0.154. The summed E-state index contributed by atoms with van der Waals surface area (Å²) in [5.41, 5.74) is 5.27. The summed E-state index contributed by atoms with van der Waals surface area (Å²) < 4.78 is 10.1. The number of piperidine rings is 1. The molecule has 1 aliphatic heterocycles. The molecule has 0 spiro atoms. The molecule has 1 atom stereocenters. The molecule has 1 heterocycles. The number of rotatable bonds is 6. The normalized spacial score (nSPS) is 17.0. The number of esters is 1. The molecule has 1 aromatic carbocycles. The molecule has 0 saturated carbocycles. The molecule has 1 fully saturated rings. The summed E-state index contributed by atoms with van der Waals surface area (Å²) in [6.07, 6.45) is 1.35. The largest absolute Gasteiger partial charge is 0.480 e. The highest BCUT2D eigenvalue weighted by molar-refractivity contribution is 6.35. The first-order valence-corrected chi connectivity index (χ1v) is 8.43. The maximum absolute atomic E-state index is 12.1. The van der Waals surface area contributed by atoms with Crippen molar-refractivity contribution in [3.05, 3.63) is 28.2 Å². The number of primary amides is 1. The van der Waals surface area contributed by atoms with Crippen LogP contribution in [0, 0.1) is 5.92 Å². The van der Waals surface area contributed by atoms with E-state index in [1.165, 1.54) is 17.0 Å². The van der Waals surface area contributed by atoms with Crippen LogP contribution in [0.2, 0.25) is 10.0 Å². The zero-order chi connectivity index (χ0) is 18.4. The quantitative estimate of drug-likeness (QED) is 0.746. The number of halogens is 2. The number of benzene rings is 1. The highest BCUT2D eigenvalue weighted by Gasteiger charge is 2.27. The van der Waals surface area contributed by atoms with Crippen molar-refractivity contribution < 1.29 is 23.9 Å². The van der Waals surface area contributed by atoms with Gasteiger partial charge in [-0.05, 0) is 31.0 Å². The van der Waals surface area contributed by atoms with Crippen molar-refractivity contribution in [2.45, 2.75) is 12.8 Å². The van der Waals surface area contributed by atoms with Gasteiger partial charge in [0.2, 0.25) is 5.91 Å². The fourth-order valence-electron chi connectivity index (χ4n) is 2.44. The summed E-state index contributed by atoms with van der Waals surface area (Å²) in [7, 11) is 0. The number of hydrogen-bond donors (Lipinski definition) is 1. The van der Waals surface area contributed by atoms with E-state index in [1.807, 2.05) is 0 Å². The molecule has 0 aliphatic carbocycles. The second-order valence-corrected chi connectivity index (χ2v) is 6.45. The minimum absolute atomic E-state index is 0.253. The van der Waals surface area contributed by atoms with Gasteiger partial charge in [0.15, 0.2) is 13.2 Å². The molecule has 0 aromatic heterocycles. The molecular weight excluding hydrogens is 371 g/mol. The smallest absolute Gasteiger partial charge is 0.344 e. The van der Waals surface area contributed by atoms with Gasteiger partial charge >= 0.3 is 5.97 Å². The van der Waals surface area contributed by atoms with E-state index in [9.17, 15) is 14.4 Å². The number of nitrogens with zero attached hydrogens (tertiary/aromatic N) is 1. The maximum Gasteiger partial charge on any atom is 0.344 e. The molecule has 1 aromatic rings. The van der Waals surface area contributed by atoms with Crippen molar-refractivity contribution in [1.29, 1.82) is 0 Å². The number of hydrogen-bond acceptors (Lipinski definition) is 5. The molecule has 1 aliphatic rings. The number of ether oxygens (including phenoxy) is 2. The van der Waals surface area contributed by atoms with E-state index in [0.29, 0.717) is 24.4 Å². The van der Waals surface area contributed by atoms with Gasteiger partial charge in [-0.2, -0.15) is 0 Å². The van der Waals surface area contributed by atoms with E-state index >= 15 is 0 Å². The fourth-order valence-corrected chi connectivity index (χ4v) is 2.90. The molecule has 0 radical (unpaired) electrons. The number of amides is 2. The average Bonchev–Trinajstić information content (AvgIpc) is 2.59. The lowest BCUT2D eigenvalue weighted by Crippen LogP contribution is -2.45. The van der Waals surface area contributed by atoms with E-state index in [2.05, 4.69) is 0 Å². The van der Waals surface area contributed by atoms with Crippen molar-refractivity contribution in [2.24, 2.45) is 11.7 Å². The Balaban J connectivity index is 1.75. The molecule has 9 heteroatoms. The molecular formula is C16H18Cl2N2O5. The third-order valence-electron chi connectivity index (χ3n) is 3.77. The number of nitrogens with two attached hydrogens (primary N) is 1. The number of carbonyl (C=O) groups excluding carboxylic acids is 3. The predicted octanol–water partition coefficient (Wildman–Crippen LogP) is 1.64. The lowest BCUT2D eigenvalue weighted by Gasteiger charge is -2.31. The van der Waals surface area contributed by atoms with E-state index < -0.39 is 25.1 Å². The van der Waals surface area contributed by atoms with Crippen molar-refractivity contribution >= 4 is 41.0 Å². The molecule has 2 rings (SSSR count). The Labute approximate surface area is 154 Å². The Hall–Kier alpha value is -1.99. The van der Waals surface area contributed by atoms with Gasteiger partial charge in [-0.3, -0.25) is 9.59 Å². The van der Waals surface area contributed by atoms with Crippen LogP contribution in [0.5, 0.6) is 5.75 Å². The standard InChI is InChI=1S/C16H18Cl2N2O5/c17-11-3-4-13(12(18)6-11)24-9-15(22)25-8-14(21)20-5-1-2-10(7-20)16(19)23/h3-4,6,10H,1-2,5,7-9H2,(H2,19,23)/t10-/m1/s1. The Bertz CT molecular complexity index is 668. The molecule has 25 heavy (non-hydrogen) atoms. The van der Waals surface area contributed by atoms with E-state index in [-0.39, 0.29) is 29.1 Å². The predicted molar refractivity (Wildman–Crippen MR) is 91.4 cm³/mol. The van der Waals surface area contributed by atoms with Gasteiger partial charge in [0.05, 0.1) is 10.9 Å². The molecule has 0 unspecified atom stereocenters. The lowest BCUT2D eigenvalue weighted by atomic mass is 9.97. The Morgan fingerprint density at radius 3 is 2.68 bits per heavy atom. The van der Waals surface area contributed by atoms with Crippen molar-refractivity contribution in [2.75, 3.05) is 26.3 Å². The van der Waals surface area contributed by atoms with Gasteiger partial charge < -0.3 is 20.1 Å². The molecule has 2 amide bonds. The summed E-state index contributed by atoms with van der Waals surface area (Å²) >= 11 is 11.7. The summed E-state index contributed by atoms with van der Waals surface area (Å²) in [5.74, 6) is -1.58. The van der Waals surface area contributed by atoms with Crippen LogP contribution in [-0.2, 0) is 19.1 Å². The molecule has 136 valence electrons. The molecule has 0 bridgehead atoms. The van der Waals surface area contributed by atoms with Gasteiger partial charge in [-0.15, -0.1) is 0 Å². The number of likely N-dealkylation sites (tertiary alicyclic amines) is 1. The van der Waals surface area contributed by atoms with Gasteiger partial charge in [-0.1, -0.05) is 23.2 Å². The molecule has 1 saturated heterocycles. The third kappa shape index (κ3) is 5.79. The van der Waals surface area contributed by atoms with E-state index in [1.54, 1.807) is 6.07 Å². The Morgan fingerprint density at radius 1 is 1.24 bits per heavy atom. The average molecular weight is 389 g/mol. The van der Waals surface area contributed by atoms with Gasteiger partial charge in [0, 0.05) is 18.1 Å². The zero-order valence-corrected chi connectivity index (χ0v) is 14.9. The van der Waals surface area contributed by atoms with E-state index in [4.69, 9.17) is 38.4 Å². The monoisotopic (exact) mass is 388 g/mol. The third-order valence-corrected chi connectivity index (χ3v) is 4.30. The Morgan fingerprint density at radius 2 is 2.00 bits per heavy atom. The van der Waals surface area contributed by atoms with E-state index in [0.717, 1.165) is 0 Å². The summed E-state index contributed by atoms with van der Waals surface area (Å²) in [5, 5.41) is 0.712. The molecule has 7 nitrogen and oxygen atoms in total. The van der Waals surface area contributed by atoms with Crippen LogP contribution in [0.4, 0.5) is 0 Å². The minimum Gasteiger partial charge on any atom is -0.480 e. The number of carbonyl (C=O) groups is 3. The van der Waals surface area contributed by atoms with Gasteiger partial charge in [0.1, 0.15) is 5.75 Å². The van der Waals surface area contributed by atoms with Crippen LogP contribution in [0.1, 0.15) is 12.8 Å². The van der Waals surface area contributed by atoms with Crippen LogP contribution < -0.4 is 10.5 Å². The topological polar surface area (TPSA) is 98.9 Å². The fraction of sp³-hybridized carbons (Fsp3) is 0.438. The second kappa shape index (κ2) is 8.92. The first-order chi connectivity index (χ1) is 11.9. The minimum atomic E-state index is -0.706. The molecule has 2 N–H and O–H groups in total. The highest BCUT2D eigenvalue weighted by Crippen LogP contribution is 2.27. The van der Waals surface area contributed by atoms with Gasteiger partial charge in [0.25, 0.3) is 5.91 Å². The Kier molecular flexibility index (Phi) is 6.90. The van der Waals surface area contributed by atoms with Gasteiger partial charge in [-0.25, -0.2) is 4.79 Å². The summed E-state index contributed by atoms with van der Waals surface area (Å²) in [6.45, 7) is -0.0415. The zero-order valence-electron chi connectivity index (χ0n) is 13.4. The maximum atomic E-state index is 12.1. The van der Waals surface area contributed by atoms with Crippen LogP contribution in [-0.4, -0.2) is 49.0 Å². The summed E-state index contributed by atoms with van der Waals surface area (Å²) in [6, 6.07) is 4.59. The summed E-state index contributed by atoms with van der Waals surface area (Å²) in [4.78, 5) is 36.4. The van der Waals surface area contributed by atoms with Crippen LogP contribution in [0.3, 0.4) is 0 Å². The van der Waals surface area contributed by atoms with Crippen molar-refractivity contribution in [3.63, 3.8) is 0 Å². The van der Waals surface area contributed by atoms with Crippen LogP contribution in [0.15, 0.2) is 18.2 Å². The van der Waals surface area contributed by atoms with Crippen molar-refractivity contribution in [1.82, 2.24) is 4.90 Å². The van der Waals surface area contributed by atoms with Crippen molar-refractivity contribution in [3.8, 4) is 5.75 Å². The van der Waals surface area contributed by atoms with Crippen LogP contribution >= 0.6 is 23.2 Å². The second-order valence-electron chi connectivity index (χ2n) is 5.61. The first-order valence-electron chi connectivity index (χ1n) is 7.67. The highest BCUT2D eigenvalue weighted by atomic mass is 35.5.